The number of aromatic nitrogens is 3. The number of hydrogen-bond donors (Lipinski definition) is 1. The summed E-state index contributed by atoms with van der Waals surface area (Å²) in [6.45, 7) is 0. The van der Waals surface area contributed by atoms with Gasteiger partial charge in [0.15, 0.2) is 5.16 Å². The fourth-order valence-corrected chi connectivity index (χ4v) is 4.45. The van der Waals surface area contributed by atoms with E-state index in [-0.39, 0.29) is 0 Å². The molecule has 0 atom stereocenters. The van der Waals surface area contributed by atoms with E-state index in [1.165, 1.54) is 0 Å². The first-order chi connectivity index (χ1) is 13.8. The Labute approximate surface area is 171 Å². The van der Waals surface area contributed by atoms with Gasteiger partial charge in [0.05, 0.1) is 37.4 Å². The van der Waals surface area contributed by atoms with Crippen molar-refractivity contribution in [1.82, 2.24) is 15.0 Å². The average molecular weight is 410 g/mol. The van der Waals surface area contributed by atoms with Crippen LogP contribution in [0.3, 0.4) is 0 Å². The molecular weight excluding hydrogens is 390 g/mol. The van der Waals surface area contributed by atoms with E-state index in [0.29, 0.717) is 0 Å². The summed E-state index contributed by atoms with van der Waals surface area (Å²) >= 11 is 3.25. The number of rotatable bonds is 7. The molecule has 142 valence electrons. The maximum atomic E-state index is 5.49. The van der Waals surface area contributed by atoms with Crippen LogP contribution in [0.2, 0.25) is 0 Å². The van der Waals surface area contributed by atoms with Crippen LogP contribution in [-0.2, 0) is 5.75 Å². The fourth-order valence-electron chi connectivity index (χ4n) is 2.76. The zero-order valence-electron chi connectivity index (χ0n) is 15.5. The molecule has 0 aliphatic rings. The van der Waals surface area contributed by atoms with Gasteiger partial charge in [-0.2, -0.15) is 0 Å². The van der Waals surface area contributed by atoms with E-state index in [4.69, 9.17) is 14.5 Å². The van der Waals surface area contributed by atoms with Gasteiger partial charge in [-0.1, -0.05) is 42.1 Å². The minimum absolute atomic E-state index is 0.747. The number of benzene rings is 2. The van der Waals surface area contributed by atoms with Crippen LogP contribution in [0.5, 0.6) is 11.5 Å². The molecule has 0 bridgehead atoms. The number of thiazole rings is 1. The molecule has 0 radical (unpaired) electrons. The lowest BCUT2D eigenvalue weighted by atomic mass is 10.2. The van der Waals surface area contributed by atoms with E-state index in [0.717, 1.165) is 49.9 Å². The van der Waals surface area contributed by atoms with Gasteiger partial charge in [-0.25, -0.2) is 9.97 Å². The number of aromatic amines is 1. The first-order valence-electron chi connectivity index (χ1n) is 8.67. The Balaban J connectivity index is 1.45. The standard InChI is InChI=1S/C21H19N3O2S2/c1-25-16-8-9-17(19(10-16)26-2)20-23-15(12-27-20)13-28-21-22-11-18(24-21)14-6-4-3-5-7-14/h3-12H,13H2,1-2H3,(H,22,24). The number of hydrogen-bond acceptors (Lipinski definition) is 6. The van der Waals surface area contributed by atoms with Crippen molar-refractivity contribution in [3.8, 4) is 33.3 Å². The van der Waals surface area contributed by atoms with E-state index in [9.17, 15) is 0 Å². The van der Waals surface area contributed by atoms with Gasteiger partial charge in [0.1, 0.15) is 16.5 Å². The van der Waals surface area contributed by atoms with Crippen LogP contribution in [-0.4, -0.2) is 29.2 Å². The summed E-state index contributed by atoms with van der Waals surface area (Å²) in [5.41, 5.74) is 4.13. The van der Waals surface area contributed by atoms with Crippen LogP contribution in [0, 0.1) is 0 Å². The molecule has 2 aromatic heterocycles. The fraction of sp³-hybridized carbons (Fsp3) is 0.143. The second-order valence-corrected chi connectivity index (χ2v) is 7.79. The maximum absolute atomic E-state index is 5.49. The maximum Gasteiger partial charge on any atom is 0.166 e. The largest absolute Gasteiger partial charge is 0.497 e. The summed E-state index contributed by atoms with van der Waals surface area (Å²) in [5, 5.41) is 3.89. The summed E-state index contributed by atoms with van der Waals surface area (Å²) < 4.78 is 10.8. The number of methoxy groups -OCH3 is 2. The Bertz CT molecular complexity index is 1060. The summed E-state index contributed by atoms with van der Waals surface area (Å²) in [6, 6.07) is 16.0. The summed E-state index contributed by atoms with van der Waals surface area (Å²) in [4.78, 5) is 12.6. The third-order valence-electron chi connectivity index (χ3n) is 4.18. The Morgan fingerprint density at radius 1 is 1.07 bits per heavy atom. The van der Waals surface area contributed by atoms with E-state index in [1.54, 1.807) is 37.3 Å². The van der Waals surface area contributed by atoms with Crippen LogP contribution >= 0.6 is 23.1 Å². The topological polar surface area (TPSA) is 60.0 Å². The highest BCUT2D eigenvalue weighted by atomic mass is 32.2. The second kappa shape index (κ2) is 8.50. The highest BCUT2D eigenvalue weighted by molar-refractivity contribution is 7.98. The lowest BCUT2D eigenvalue weighted by Gasteiger charge is -2.08. The predicted molar refractivity (Wildman–Crippen MR) is 114 cm³/mol. The minimum atomic E-state index is 0.747. The van der Waals surface area contributed by atoms with Crippen LogP contribution in [0.15, 0.2) is 65.3 Å². The van der Waals surface area contributed by atoms with Crippen molar-refractivity contribution < 1.29 is 9.47 Å². The van der Waals surface area contributed by atoms with Gasteiger partial charge in [-0.15, -0.1) is 11.3 Å². The first-order valence-corrected chi connectivity index (χ1v) is 10.5. The molecule has 0 saturated heterocycles. The number of nitrogens with zero attached hydrogens (tertiary/aromatic N) is 2. The lowest BCUT2D eigenvalue weighted by molar-refractivity contribution is 0.395. The Kier molecular flexibility index (Phi) is 5.64. The molecule has 0 aliphatic carbocycles. The first kappa shape index (κ1) is 18.6. The molecule has 4 aromatic rings. The van der Waals surface area contributed by atoms with E-state index in [2.05, 4.69) is 27.5 Å². The third-order valence-corrected chi connectivity index (χ3v) is 6.03. The van der Waals surface area contributed by atoms with Gasteiger partial charge < -0.3 is 14.5 Å². The van der Waals surface area contributed by atoms with E-state index in [1.807, 2.05) is 42.6 Å². The quantitative estimate of drug-likeness (QED) is 0.408. The van der Waals surface area contributed by atoms with Crippen molar-refractivity contribution in [2.45, 2.75) is 10.9 Å². The molecule has 0 aliphatic heterocycles. The number of H-pyrrole nitrogens is 1. The number of thioether (sulfide) groups is 1. The highest BCUT2D eigenvalue weighted by Crippen LogP contribution is 2.35. The molecule has 28 heavy (non-hydrogen) atoms. The predicted octanol–water partition coefficient (Wildman–Crippen LogP) is 5.51. The van der Waals surface area contributed by atoms with Crippen molar-refractivity contribution in [2.75, 3.05) is 14.2 Å². The molecule has 2 heterocycles. The van der Waals surface area contributed by atoms with Gasteiger partial charge in [0, 0.05) is 17.2 Å². The third kappa shape index (κ3) is 4.05. The van der Waals surface area contributed by atoms with Crippen LogP contribution in [0.1, 0.15) is 5.69 Å². The number of imidazole rings is 1. The molecule has 0 fully saturated rings. The zero-order chi connectivity index (χ0) is 19.3. The van der Waals surface area contributed by atoms with Gasteiger partial charge in [-0.3, -0.25) is 0 Å². The van der Waals surface area contributed by atoms with Crippen molar-refractivity contribution in [1.29, 1.82) is 0 Å². The Hall–Kier alpha value is -2.77. The monoisotopic (exact) mass is 409 g/mol. The molecular formula is C21H19N3O2S2. The molecule has 0 saturated carbocycles. The van der Waals surface area contributed by atoms with Gasteiger partial charge in [0.25, 0.3) is 0 Å². The van der Waals surface area contributed by atoms with E-state index >= 15 is 0 Å². The van der Waals surface area contributed by atoms with Crippen molar-refractivity contribution >= 4 is 23.1 Å². The van der Waals surface area contributed by atoms with Crippen molar-refractivity contribution in [3.05, 3.63) is 65.8 Å². The summed E-state index contributed by atoms with van der Waals surface area (Å²) in [7, 11) is 3.30. The number of nitrogens with one attached hydrogen (secondary N) is 1. The molecule has 4 rings (SSSR count). The van der Waals surface area contributed by atoms with Gasteiger partial charge in [-0.05, 0) is 17.7 Å². The molecule has 7 heteroatoms. The minimum Gasteiger partial charge on any atom is -0.497 e. The molecule has 1 N–H and O–H groups in total. The smallest absolute Gasteiger partial charge is 0.166 e. The second-order valence-electron chi connectivity index (χ2n) is 5.97. The molecule has 0 unspecified atom stereocenters. The van der Waals surface area contributed by atoms with Crippen LogP contribution < -0.4 is 9.47 Å². The normalized spacial score (nSPS) is 10.8. The molecule has 0 amide bonds. The Morgan fingerprint density at radius 3 is 2.71 bits per heavy atom. The highest BCUT2D eigenvalue weighted by Gasteiger charge is 2.12. The lowest BCUT2D eigenvalue weighted by Crippen LogP contribution is -1.90. The SMILES string of the molecule is COc1ccc(-c2nc(CSc3ncc(-c4ccccc4)[nH]3)cs2)c(OC)c1. The summed E-state index contributed by atoms with van der Waals surface area (Å²) in [5.74, 6) is 2.27. The van der Waals surface area contributed by atoms with Crippen LogP contribution in [0.25, 0.3) is 21.8 Å². The zero-order valence-corrected chi connectivity index (χ0v) is 17.1. The summed E-state index contributed by atoms with van der Waals surface area (Å²) in [6.07, 6.45) is 1.87. The average Bonchev–Trinajstić information content (AvgIpc) is 3.42. The van der Waals surface area contributed by atoms with Crippen LogP contribution in [0.4, 0.5) is 0 Å². The van der Waals surface area contributed by atoms with Gasteiger partial charge >= 0.3 is 0 Å². The molecule has 5 nitrogen and oxygen atoms in total. The number of ether oxygens (including phenoxy) is 2. The molecule has 2 aromatic carbocycles. The van der Waals surface area contributed by atoms with Gasteiger partial charge in [0.2, 0.25) is 0 Å². The molecule has 0 spiro atoms. The van der Waals surface area contributed by atoms with Crippen molar-refractivity contribution in [2.24, 2.45) is 0 Å². The van der Waals surface area contributed by atoms with E-state index < -0.39 is 0 Å². The van der Waals surface area contributed by atoms with Crippen molar-refractivity contribution in [3.63, 3.8) is 0 Å². The Morgan fingerprint density at radius 2 is 1.93 bits per heavy atom.